The molecule has 1 rings (SSSR count). The van der Waals surface area contributed by atoms with Crippen molar-refractivity contribution in [2.24, 2.45) is 0 Å². The van der Waals surface area contributed by atoms with Gasteiger partial charge in [0.25, 0.3) is 0 Å². The SMILES string of the molecule is COc1ccc(C(C)NCC(C)(C)O)c(F)c1. The monoisotopic (exact) mass is 241 g/mol. The Bertz CT molecular complexity index is 374. The van der Waals surface area contributed by atoms with Crippen LogP contribution in [0, 0.1) is 5.82 Å². The minimum absolute atomic E-state index is 0.160. The molecule has 0 radical (unpaired) electrons. The van der Waals surface area contributed by atoms with Crippen molar-refractivity contribution < 1.29 is 14.2 Å². The number of halogens is 1. The van der Waals surface area contributed by atoms with Crippen LogP contribution in [0.25, 0.3) is 0 Å². The highest BCUT2D eigenvalue weighted by atomic mass is 19.1. The summed E-state index contributed by atoms with van der Waals surface area (Å²) in [6, 6.07) is 4.61. The molecule has 0 amide bonds. The summed E-state index contributed by atoms with van der Waals surface area (Å²) in [5.41, 5.74) is -0.243. The summed E-state index contributed by atoms with van der Waals surface area (Å²) in [7, 11) is 1.50. The van der Waals surface area contributed by atoms with Gasteiger partial charge >= 0.3 is 0 Å². The predicted molar refractivity (Wildman–Crippen MR) is 65.7 cm³/mol. The second-order valence-electron chi connectivity index (χ2n) is 4.80. The molecule has 0 aliphatic carbocycles. The van der Waals surface area contributed by atoms with Crippen LogP contribution in [-0.2, 0) is 0 Å². The fraction of sp³-hybridized carbons (Fsp3) is 0.538. The molecule has 0 spiro atoms. The third-order valence-electron chi connectivity index (χ3n) is 2.51. The summed E-state index contributed by atoms with van der Waals surface area (Å²) >= 11 is 0. The largest absolute Gasteiger partial charge is 0.497 e. The molecule has 0 fully saturated rings. The molecule has 4 heteroatoms. The van der Waals surface area contributed by atoms with Crippen LogP contribution in [0.15, 0.2) is 18.2 Å². The number of benzene rings is 1. The van der Waals surface area contributed by atoms with Crippen molar-refractivity contribution in [3.8, 4) is 5.75 Å². The zero-order valence-electron chi connectivity index (χ0n) is 10.7. The predicted octanol–water partition coefficient (Wildman–Crippen LogP) is 2.26. The molecule has 0 saturated heterocycles. The van der Waals surface area contributed by atoms with E-state index in [1.54, 1.807) is 26.0 Å². The van der Waals surface area contributed by atoms with E-state index in [1.807, 2.05) is 6.92 Å². The van der Waals surface area contributed by atoms with E-state index in [4.69, 9.17) is 4.74 Å². The van der Waals surface area contributed by atoms with Gasteiger partial charge in [-0.1, -0.05) is 6.07 Å². The molecule has 0 saturated carbocycles. The molecule has 1 unspecified atom stereocenters. The van der Waals surface area contributed by atoms with Gasteiger partial charge in [-0.25, -0.2) is 4.39 Å². The van der Waals surface area contributed by atoms with Crippen molar-refractivity contribution >= 4 is 0 Å². The van der Waals surface area contributed by atoms with Crippen molar-refractivity contribution in [2.75, 3.05) is 13.7 Å². The molecule has 1 aromatic rings. The Balaban J connectivity index is 2.72. The average Bonchev–Trinajstić information content (AvgIpc) is 2.24. The van der Waals surface area contributed by atoms with Gasteiger partial charge in [0.05, 0.1) is 12.7 Å². The number of methoxy groups -OCH3 is 1. The van der Waals surface area contributed by atoms with Crippen molar-refractivity contribution in [2.45, 2.75) is 32.4 Å². The molecule has 96 valence electrons. The van der Waals surface area contributed by atoms with Crippen LogP contribution in [0.2, 0.25) is 0 Å². The zero-order chi connectivity index (χ0) is 13.1. The van der Waals surface area contributed by atoms with Crippen molar-refractivity contribution in [3.63, 3.8) is 0 Å². The lowest BCUT2D eigenvalue weighted by atomic mass is 10.1. The lowest BCUT2D eigenvalue weighted by molar-refractivity contribution is 0.0769. The molecule has 3 nitrogen and oxygen atoms in total. The van der Waals surface area contributed by atoms with Crippen LogP contribution in [0.4, 0.5) is 4.39 Å². The van der Waals surface area contributed by atoms with Gasteiger partial charge in [-0.15, -0.1) is 0 Å². The number of rotatable bonds is 5. The second-order valence-corrected chi connectivity index (χ2v) is 4.80. The molecule has 0 heterocycles. The summed E-state index contributed by atoms with van der Waals surface area (Å²) in [6.07, 6.45) is 0. The van der Waals surface area contributed by atoms with Gasteiger partial charge in [0.2, 0.25) is 0 Å². The van der Waals surface area contributed by atoms with Crippen molar-refractivity contribution in [1.29, 1.82) is 0 Å². The first-order chi connectivity index (χ1) is 7.83. The van der Waals surface area contributed by atoms with E-state index in [0.717, 1.165) is 0 Å². The fourth-order valence-corrected chi connectivity index (χ4v) is 1.50. The van der Waals surface area contributed by atoms with Gasteiger partial charge in [0.1, 0.15) is 11.6 Å². The van der Waals surface area contributed by atoms with Gasteiger partial charge in [-0.3, -0.25) is 0 Å². The minimum Gasteiger partial charge on any atom is -0.497 e. The maximum atomic E-state index is 13.7. The minimum atomic E-state index is -0.808. The van der Waals surface area contributed by atoms with Gasteiger partial charge < -0.3 is 15.2 Å². The van der Waals surface area contributed by atoms with E-state index in [9.17, 15) is 9.50 Å². The lowest BCUT2D eigenvalue weighted by Crippen LogP contribution is -2.36. The average molecular weight is 241 g/mol. The standard InChI is InChI=1S/C13H20FNO2/c1-9(15-8-13(2,3)16)11-6-5-10(17-4)7-12(11)14/h5-7,9,15-16H,8H2,1-4H3. The van der Waals surface area contributed by atoms with Crippen molar-refractivity contribution in [1.82, 2.24) is 5.32 Å². The second kappa shape index (κ2) is 5.47. The van der Waals surface area contributed by atoms with E-state index in [0.29, 0.717) is 17.9 Å². The van der Waals surface area contributed by atoms with Crippen LogP contribution >= 0.6 is 0 Å². The Hall–Kier alpha value is -1.13. The molecular formula is C13H20FNO2. The number of ether oxygens (including phenoxy) is 1. The highest BCUT2D eigenvalue weighted by Crippen LogP contribution is 2.21. The van der Waals surface area contributed by atoms with Crippen LogP contribution in [0.3, 0.4) is 0 Å². The maximum Gasteiger partial charge on any atom is 0.131 e. The molecular weight excluding hydrogens is 221 g/mol. The third kappa shape index (κ3) is 4.32. The van der Waals surface area contributed by atoms with E-state index >= 15 is 0 Å². The molecule has 0 aromatic heterocycles. The van der Waals surface area contributed by atoms with Crippen LogP contribution in [-0.4, -0.2) is 24.4 Å². The summed E-state index contributed by atoms with van der Waals surface area (Å²) in [6.45, 7) is 5.67. The summed E-state index contributed by atoms with van der Waals surface area (Å²) in [5.74, 6) is 0.195. The molecule has 17 heavy (non-hydrogen) atoms. The molecule has 1 aromatic carbocycles. The first-order valence-electron chi connectivity index (χ1n) is 5.62. The van der Waals surface area contributed by atoms with E-state index in [-0.39, 0.29) is 11.9 Å². The highest BCUT2D eigenvalue weighted by molar-refractivity contribution is 5.30. The van der Waals surface area contributed by atoms with E-state index in [2.05, 4.69) is 5.32 Å². The van der Waals surface area contributed by atoms with Gasteiger partial charge in [0, 0.05) is 24.2 Å². The smallest absolute Gasteiger partial charge is 0.131 e. The molecule has 0 bridgehead atoms. The summed E-state index contributed by atoms with van der Waals surface area (Å²) in [5, 5.41) is 12.7. The number of aliphatic hydroxyl groups is 1. The lowest BCUT2D eigenvalue weighted by Gasteiger charge is -2.22. The van der Waals surface area contributed by atoms with E-state index in [1.165, 1.54) is 13.2 Å². The molecule has 1 atom stereocenters. The topological polar surface area (TPSA) is 41.5 Å². The Morgan fingerprint density at radius 1 is 1.47 bits per heavy atom. The third-order valence-corrected chi connectivity index (χ3v) is 2.51. The molecule has 2 N–H and O–H groups in total. The summed E-state index contributed by atoms with van der Waals surface area (Å²) < 4.78 is 18.7. The zero-order valence-corrected chi connectivity index (χ0v) is 10.7. The Morgan fingerprint density at radius 3 is 2.59 bits per heavy atom. The van der Waals surface area contributed by atoms with E-state index < -0.39 is 5.60 Å². The van der Waals surface area contributed by atoms with Gasteiger partial charge in [-0.2, -0.15) is 0 Å². The highest BCUT2D eigenvalue weighted by Gasteiger charge is 2.16. The van der Waals surface area contributed by atoms with Crippen LogP contribution in [0.1, 0.15) is 32.4 Å². The first kappa shape index (κ1) is 13.9. The van der Waals surface area contributed by atoms with Crippen LogP contribution < -0.4 is 10.1 Å². The Morgan fingerprint density at radius 2 is 2.12 bits per heavy atom. The molecule has 0 aliphatic heterocycles. The number of hydrogen-bond acceptors (Lipinski definition) is 3. The number of hydrogen-bond donors (Lipinski definition) is 2. The quantitative estimate of drug-likeness (QED) is 0.830. The summed E-state index contributed by atoms with van der Waals surface area (Å²) in [4.78, 5) is 0. The maximum absolute atomic E-state index is 13.7. The fourth-order valence-electron chi connectivity index (χ4n) is 1.50. The normalized spacial score (nSPS) is 13.5. The Kier molecular flexibility index (Phi) is 4.48. The van der Waals surface area contributed by atoms with Gasteiger partial charge in [-0.05, 0) is 26.8 Å². The van der Waals surface area contributed by atoms with Crippen molar-refractivity contribution in [3.05, 3.63) is 29.6 Å². The van der Waals surface area contributed by atoms with Gasteiger partial charge in [0.15, 0.2) is 0 Å². The Labute approximate surface area is 102 Å². The molecule has 0 aliphatic rings. The number of nitrogens with one attached hydrogen (secondary N) is 1. The van der Waals surface area contributed by atoms with Crippen LogP contribution in [0.5, 0.6) is 5.75 Å². The first-order valence-corrected chi connectivity index (χ1v) is 5.62.